The average molecular weight is 379 g/mol. The number of carbonyl (C=O) groups is 2. The molecule has 28 heavy (non-hydrogen) atoms. The monoisotopic (exact) mass is 379 g/mol. The summed E-state index contributed by atoms with van der Waals surface area (Å²) < 4.78 is 5.27. The van der Waals surface area contributed by atoms with Crippen molar-refractivity contribution in [2.75, 3.05) is 23.3 Å². The Morgan fingerprint density at radius 1 is 1.36 bits per heavy atom. The van der Waals surface area contributed by atoms with Gasteiger partial charge >= 0.3 is 13.1 Å². The molecule has 3 N–H and O–H groups in total. The quantitative estimate of drug-likeness (QED) is 0.684. The minimum Gasteiger partial charge on any atom is -0.423 e. The van der Waals surface area contributed by atoms with Crippen LogP contribution in [-0.2, 0) is 22.5 Å². The molecular formula is C20H22BN3O4. The number of nitrogens with one attached hydrogen (secondary N) is 2. The van der Waals surface area contributed by atoms with Gasteiger partial charge in [0.15, 0.2) is 0 Å². The van der Waals surface area contributed by atoms with Crippen molar-refractivity contribution in [1.82, 2.24) is 5.32 Å². The van der Waals surface area contributed by atoms with Crippen LogP contribution in [0.3, 0.4) is 0 Å². The fourth-order valence-electron chi connectivity index (χ4n) is 3.71. The number of hydrogen-bond acceptors (Lipinski definition) is 4. The smallest absolute Gasteiger partial charge is 0.423 e. The number of hydrogen-bond donors (Lipinski definition) is 3. The third-order valence-corrected chi connectivity index (χ3v) is 5.20. The van der Waals surface area contributed by atoms with Crippen molar-refractivity contribution in [3.8, 4) is 0 Å². The average Bonchev–Trinajstić information content (AvgIpc) is 3.28. The van der Waals surface area contributed by atoms with Crippen molar-refractivity contribution in [3.63, 3.8) is 0 Å². The molecule has 0 saturated carbocycles. The highest BCUT2D eigenvalue weighted by atomic mass is 16.5. The highest BCUT2D eigenvalue weighted by Gasteiger charge is 2.29. The van der Waals surface area contributed by atoms with Crippen LogP contribution in [0.2, 0.25) is 0 Å². The van der Waals surface area contributed by atoms with Gasteiger partial charge in [0.1, 0.15) is 0 Å². The van der Waals surface area contributed by atoms with Crippen LogP contribution >= 0.6 is 0 Å². The van der Waals surface area contributed by atoms with Gasteiger partial charge in [-0.25, -0.2) is 4.79 Å². The fourth-order valence-corrected chi connectivity index (χ4v) is 3.71. The molecule has 2 heterocycles. The molecule has 0 bridgehead atoms. The molecule has 0 spiro atoms. The minimum atomic E-state index is -0.910. The normalized spacial score (nSPS) is 15.6. The van der Waals surface area contributed by atoms with Gasteiger partial charge in [0.25, 0.3) is 0 Å². The molecule has 4 rings (SSSR count). The second-order valence-electron chi connectivity index (χ2n) is 7.08. The maximum absolute atomic E-state index is 12.4. The van der Waals surface area contributed by atoms with Crippen LogP contribution in [0.4, 0.5) is 16.2 Å². The number of carbonyl (C=O) groups excluding carboxylic acids is 2. The van der Waals surface area contributed by atoms with E-state index in [9.17, 15) is 14.6 Å². The third-order valence-electron chi connectivity index (χ3n) is 5.20. The maximum Gasteiger partial charge on any atom is 0.492 e. The Morgan fingerprint density at radius 3 is 2.96 bits per heavy atom. The maximum atomic E-state index is 12.4. The molecule has 2 aromatic carbocycles. The second-order valence-corrected chi connectivity index (χ2v) is 7.08. The van der Waals surface area contributed by atoms with E-state index < -0.39 is 7.12 Å². The van der Waals surface area contributed by atoms with E-state index in [1.54, 1.807) is 4.90 Å². The van der Waals surface area contributed by atoms with E-state index in [4.69, 9.17) is 4.65 Å². The number of anilines is 2. The Morgan fingerprint density at radius 2 is 2.21 bits per heavy atom. The lowest BCUT2D eigenvalue weighted by Crippen LogP contribution is -2.31. The van der Waals surface area contributed by atoms with Crippen LogP contribution in [0.1, 0.15) is 23.1 Å². The number of amides is 3. The van der Waals surface area contributed by atoms with E-state index in [1.807, 2.05) is 43.3 Å². The van der Waals surface area contributed by atoms with E-state index in [0.29, 0.717) is 32.5 Å². The Bertz CT molecular complexity index is 934. The summed E-state index contributed by atoms with van der Waals surface area (Å²) in [7, 11) is -0.910. The standard InChI is InChI=1S/C20H22BN3O4/c1-13-11-16(24-10-9-22-20(24)26)6-7-17(13)23-18(25)8-5-14-3-2-4-15-12-28-21(27)19(14)15/h2-4,6-7,11,27H,5,8-10,12H2,1H3,(H,22,26)(H,23,25). The first-order chi connectivity index (χ1) is 13.5. The molecule has 1 fully saturated rings. The predicted octanol–water partition coefficient (Wildman–Crippen LogP) is 1.31. The van der Waals surface area contributed by atoms with E-state index in [-0.39, 0.29) is 11.9 Å². The molecule has 7 nitrogen and oxygen atoms in total. The van der Waals surface area contributed by atoms with Gasteiger partial charge in [0.05, 0.1) is 6.61 Å². The largest absolute Gasteiger partial charge is 0.492 e. The van der Waals surface area contributed by atoms with Gasteiger partial charge in [-0.15, -0.1) is 0 Å². The molecule has 2 aromatic rings. The summed E-state index contributed by atoms with van der Waals surface area (Å²) in [6.07, 6.45) is 0.833. The second kappa shape index (κ2) is 7.65. The molecule has 2 aliphatic rings. The number of benzene rings is 2. The summed E-state index contributed by atoms with van der Waals surface area (Å²) in [5, 5.41) is 15.7. The Balaban J connectivity index is 1.39. The molecule has 2 aliphatic heterocycles. The zero-order valence-corrected chi connectivity index (χ0v) is 15.7. The van der Waals surface area contributed by atoms with Gasteiger partial charge < -0.3 is 20.3 Å². The van der Waals surface area contributed by atoms with Crippen LogP contribution in [0.25, 0.3) is 0 Å². The highest BCUT2D eigenvalue weighted by molar-refractivity contribution is 6.62. The first-order valence-electron chi connectivity index (χ1n) is 9.39. The van der Waals surface area contributed by atoms with Crippen molar-refractivity contribution < 1.29 is 19.3 Å². The third kappa shape index (κ3) is 3.61. The summed E-state index contributed by atoms with van der Waals surface area (Å²) >= 11 is 0. The Labute approximate surface area is 163 Å². The molecule has 8 heteroatoms. The summed E-state index contributed by atoms with van der Waals surface area (Å²) in [5.74, 6) is -0.0965. The molecule has 0 unspecified atom stereocenters. The number of rotatable bonds is 5. The summed E-state index contributed by atoms with van der Waals surface area (Å²) in [6, 6.07) is 11.2. The SMILES string of the molecule is Cc1cc(N2CCNC2=O)ccc1NC(=O)CCc1cccc2c1B(O)OC2. The molecule has 1 saturated heterocycles. The van der Waals surface area contributed by atoms with Gasteiger partial charge in [0.2, 0.25) is 5.91 Å². The van der Waals surface area contributed by atoms with Crippen LogP contribution in [-0.4, -0.2) is 37.2 Å². The predicted molar refractivity (Wildman–Crippen MR) is 108 cm³/mol. The molecule has 0 aliphatic carbocycles. The van der Waals surface area contributed by atoms with E-state index in [2.05, 4.69) is 10.6 Å². The fraction of sp³-hybridized carbons (Fsp3) is 0.300. The van der Waals surface area contributed by atoms with E-state index >= 15 is 0 Å². The van der Waals surface area contributed by atoms with Crippen molar-refractivity contribution in [2.24, 2.45) is 0 Å². The molecule has 0 aromatic heterocycles. The van der Waals surface area contributed by atoms with Crippen molar-refractivity contribution in [3.05, 3.63) is 53.1 Å². The van der Waals surface area contributed by atoms with Crippen LogP contribution in [0.15, 0.2) is 36.4 Å². The van der Waals surface area contributed by atoms with E-state index in [1.165, 1.54) is 0 Å². The summed E-state index contributed by atoms with van der Waals surface area (Å²) in [5.41, 5.74) is 5.15. The van der Waals surface area contributed by atoms with Crippen LogP contribution < -0.4 is 21.0 Å². The zero-order valence-electron chi connectivity index (χ0n) is 15.7. The summed E-state index contributed by atoms with van der Waals surface area (Å²) in [6.45, 7) is 3.59. The molecule has 0 atom stereocenters. The number of aryl methyl sites for hydroxylation is 2. The van der Waals surface area contributed by atoms with Crippen LogP contribution in [0.5, 0.6) is 0 Å². The van der Waals surface area contributed by atoms with Gasteiger partial charge in [0, 0.05) is 30.9 Å². The molecule has 0 radical (unpaired) electrons. The summed E-state index contributed by atoms with van der Waals surface area (Å²) in [4.78, 5) is 25.9. The molecule has 3 amide bonds. The highest BCUT2D eigenvalue weighted by Crippen LogP contribution is 2.24. The lowest BCUT2D eigenvalue weighted by molar-refractivity contribution is -0.116. The Hall–Kier alpha value is -2.84. The number of fused-ring (bicyclic) bond motifs is 1. The number of urea groups is 1. The molecule has 144 valence electrons. The Kier molecular flexibility index (Phi) is 5.06. The first kappa shape index (κ1) is 18.5. The van der Waals surface area contributed by atoms with Gasteiger partial charge in [-0.3, -0.25) is 9.69 Å². The van der Waals surface area contributed by atoms with E-state index in [0.717, 1.165) is 33.5 Å². The zero-order chi connectivity index (χ0) is 19.7. The van der Waals surface area contributed by atoms with Crippen molar-refractivity contribution in [2.45, 2.75) is 26.4 Å². The van der Waals surface area contributed by atoms with Gasteiger partial charge in [-0.2, -0.15) is 0 Å². The van der Waals surface area contributed by atoms with Crippen molar-refractivity contribution >= 4 is 35.9 Å². The van der Waals surface area contributed by atoms with Crippen LogP contribution in [0, 0.1) is 6.92 Å². The first-order valence-corrected chi connectivity index (χ1v) is 9.39. The topological polar surface area (TPSA) is 90.9 Å². The molecular weight excluding hydrogens is 357 g/mol. The van der Waals surface area contributed by atoms with Gasteiger partial charge in [-0.05, 0) is 53.7 Å². The lowest BCUT2D eigenvalue weighted by atomic mass is 9.75. The number of nitrogens with zero attached hydrogens (tertiary/aromatic N) is 1. The lowest BCUT2D eigenvalue weighted by Gasteiger charge is -2.17. The minimum absolute atomic E-state index is 0.0965. The van der Waals surface area contributed by atoms with Gasteiger partial charge in [-0.1, -0.05) is 18.2 Å². The van der Waals surface area contributed by atoms with Crippen molar-refractivity contribution in [1.29, 1.82) is 0 Å².